The van der Waals surface area contributed by atoms with Crippen LogP contribution in [-0.2, 0) is 4.79 Å². The summed E-state index contributed by atoms with van der Waals surface area (Å²) >= 11 is 0. The lowest BCUT2D eigenvalue weighted by Gasteiger charge is -2.34. The topological polar surface area (TPSA) is 60.8 Å². The molecule has 0 aliphatic carbocycles. The van der Waals surface area contributed by atoms with Crippen molar-refractivity contribution in [3.05, 3.63) is 0 Å². The van der Waals surface area contributed by atoms with E-state index >= 15 is 0 Å². The third-order valence-electron chi connectivity index (χ3n) is 2.83. The number of carbonyl (C=O) groups is 1. The van der Waals surface area contributed by atoms with Crippen LogP contribution in [-0.4, -0.2) is 46.3 Å². The van der Waals surface area contributed by atoms with E-state index in [0.717, 1.165) is 19.4 Å². The van der Waals surface area contributed by atoms with Crippen molar-refractivity contribution >= 4 is 5.97 Å². The predicted molar refractivity (Wildman–Crippen MR) is 53.1 cm³/mol. The van der Waals surface area contributed by atoms with Crippen LogP contribution in [0, 0.1) is 0 Å². The third-order valence-corrected chi connectivity index (χ3v) is 2.83. The molecule has 1 fully saturated rings. The van der Waals surface area contributed by atoms with E-state index in [0.29, 0.717) is 13.0 Å². The van der Waals surface area contributed by atoms with Gasteiger partial charge in [0.2, 0.25) is 0 Å². The summed E-state index contributed by atoms with van der Waals surface area (Å²) in [6.45, 7) is 3.71. The van der Waals surface area contributed by atoms with Gasteiger partial charge in [-0.2, -0.15) is 0 Å². The number of carboxylic acids is 1. The Balaban J connectivity index is 2.28. The first-order valence-electron chi connectivity index (χ1n) is 5.23. The highest BCUT2D eigenvalue weighted by molar-refractivity contribution is 5.66. The normalized spacial score (nSPS) is 26.0. The minimum atomic E-state index is -0.741. The molecule has 2 N–H and O–H groups in total. The van der Waals surface area contributed by atoms with E-state index in [4.69, 9.17) is 5.11 Å². The number of hydrogen-bond acceptors (Lipinski definition) is 3. The van der Waals surface area contributed by atoms with Crippen LogP contribution in [0.2, 0.25) is 0 Å². The van der Waals surface area contributed by atoms with E-state index < -0.39 is 5.97 Å². The highest BCUT2D eigenvalue weighted by Crippen LogP contribution is 2.15. The molecule has 0 aromatic heterocycles. The maximum Gasteiger partial charge on any atom is 0.303 e. The number of aliphatic carboxylic acids is 1. The minimum Gasteiger partial charge on any atom is -0.481 e. The number of aliphatic hydroxyl groups is 1. The van der Waals surface area contributed by atoms with Gasteiger partial charge in [0.1, 0.15) is 0 Å². The van der Waals surface area contributed by atoms with Crippen molar-refractivity contribution in [2.75, 3.05) is 13.1 Å². The SMILES string of the molecule is CC(CCC(=O)O)N1CCCC(O)C1. The molecule has 0 aromatic carbocycles. The van der Waals surface area contributed by atoms with Crippen molar-refractivity contribution in [1.29, 1.82) is 0 Å². The zero-order chi connectivity index (χ0) is 10.6. The van der Waals surface area contributed by atoms with Gasteiger partial charge in [-0.3, -0.25) is 9.69 Å². The standard InChI is InChI=1S/C10H19NO3/c1-8(4-5-10(13)14)11-6-2-3-9(12)7-11/h8-9,12H,2-7H2,1H3,(H,13,14). The van der Waals surface area contributed by atoms with Gasteiger partial charge in [0.25, 0.3) is 0 Å². The molecule has 0 amide bonds. The quantitative estimate of drug-likeness (QED) is 0.702. The van der Waals surface area contributed by atoms with E-state index in [2.05, 4.69) is 4.90 Å². The summed E-state index contributed by atoms with van der Waals surface area (Å²) in [5.41, 5.74) is 0. The summed E-state index contributed by atoms with van der Waals surface area (Å²) in [7, 11) is 0. The number of rotatable bonds is 4. The molecule has 4 nitrogen and oxygen atoms in total. The summed E-state index contributed by atoms with van der Waals surface area (Å²) in [6.07, 6.45) is 2.55. The van der Waals surface area contributed by atoms with Crippen LogP contribution in [0.1, 0.15) is 32.6 Å². The lowest BCUT2D eigenvalue weighted by molar-refractivity contribution is -0.137. The van der Waals surface area contributed by atoms with Crippen molar-refractivity contribution in [2.24, 2.45) is 0 Å². The summed E-state index contributed by atoms with van der Waals surface area (Å²) in [5, 5.41) is 18.0. The lowest BCUT2D eigenvalue weighted by atomic mass is 10.0. The average Bonchev–Trinajstić information content (AvgIpc) is 2.14. The minimum absolute atomic E-state index is 0.216. The fraction of sp³-hybridized carbons (Fsp3) is 0.900. The van der Waals surface area contributed by atoms with Crippen molar-refractivity contribution in [2.45, 2.75) is 44.8 Å². The van der Waals surface area contributed by atoms with E-state index in [1.54, 1.807) is 0 Å². The maximum atomic E-state index is 10.4. The van der Waals surface area contributed by atoms with E-state index in [1.165, 1.54) is 0 Å². The van der Waals surface area contributed by atoms with Gasteiger partial charge in [-0.15, -0.1) is 0 Å². The largest absolute Gasteiger partial charge is 0.481 e. The molecule has 0 bridgehead atoms. The second kappa shape index (κ2) is 5.32. The Hall–Kier alpha value is -0.610. The van der Waals surface area contributed by atoms with E-state index in [-0.39, 0.29) is 18.6 Å². The lowest BCUT2D eigenvalue weighted by Crippen LogP contribution is -2.43. The zero-order valence-corrected chi connectivity index (χ0v) is 8.65. The number of β-amino-alcohol motifs (C(OH)–C–C–N with tert-alkyl or cyclic N) is 1. The molecule has 1 heterocycles. The van der Waals surface area contributed by atoms with Crippen LogP contribution in [0.5, 0.6) is 0 Å². The molecule has 14 heavy (non-hydrogen) atoms. The Morgan fingerprint density at radius 1 is 1.64 bits per heavy atom. The molecule has 1 saturated heterocycles. The summed E-state index contributed by atoms with van der Waals surface area (Å²) < 4.78 is 0. The summed E-state index contributed by atoms with van der Waals surface area (Å²) in [4.78, 5) is 12.6. The highest BCUT2D eigenvalue weighted by Gasteiger charge is 2.21. The van der Waals surface area contributed by atoms with Gasteiger partial charge >= 0.3 is 5.97 Å². The Morgan fingerprint density at radius 3 is 2.93 bits per heavy atom. The molecule has 0 radical (unpaired) electrons. The molecule has 1 aliphatic rings. The van der Waals surface area contributed by atoms with Crippen LogP contribution < -0.4 is 0 Å². The van der Waals surface area contributed by atoms with Crippen LogP contribution in [0.25, 0.3) is 0 Å². The van der Waals surface area contributed by atoms with Gasteiger partial charge in [-0.05, 0) is 32.7 Å². The van der Waals surface area contributed by atoms with E-state index in [1.807, 2.05) is 6.92 Å². The fourth-order valence-electron chi connectivity index (χ4n) is 1.90. The molecular formula is C10H19NO3. The highest BCUT2D eigenvalue weighted by atomic mass is 16.4. The Kier molecular flexibility index (Phi) is 4.35. The second-order valence-electron chi connectivity index (χ2n) is 4.07. The molecule has 2 atom stereocenters. The molecule has 2 unspecified atom stereocenters. The maximum absolute atomic E-state index is 10.4. The molecule has 1 aliphatic heterocycles. The van der Waals surface area contributed by atoms with E-state index in [9.17, 15) is 9.90 Å². The number of nitrogens with zero attached hydrogens (tertiary/aromatic N) is 1. The fourth-order valence-corrected chi connectivity index (χ4v) is 1.90. The summed E-state index contributed by atoms with van der Waals surface area (Å²) in [5.74, 6) is -0.741. The number of hydrogen-bond donors (Lipinski definition) is 2. The predicted octanol–water partition coefficient (Wildman–Crippen LogP) is 0.696. The molecule has 1 rings (SSSR count). The third kappa shape index (κ3) is 3.64. The Bertz CT molecular complexity index is 196. The Labute approximate surface area is 84.5 Å². The van der Waals surface area contributed by atoms with Gasteiger partial charge in [0, 0.05) is 19.0 Å². The number of piperidine rings is 1. The molecule has 0 aromatic rings. The van der Waals surface area contributed by atoms with Crippen molar-refractivity contribution < 1.29 is 15.0 Å². The number of carboxylic acid groups (broad SMARTS) is 1. The monoisotopic (exact) mass is 201 g/mol. The van der Waals surface area contributed by atoms with Gasteiger partial charge in [0.15, 0.2) is 0 Å². The van der Waals surface area contributed by atoms with Crippen LogP contribution in [0.4, 0.5) is 0 Å². The van der Waals surface area contributed by atoms with Gasteiger partial charge in [-0.25, -0.2) is 0 Å². The van der Waals surface area contributed by atoms with Crippen molar-refractivity contribution in [3.63, 3.8) is 0 Å². The molecule has 0 saturated carbocycles. The van der Waals surface area contributed by atoms with Gasteiger partial charge in [0.05, 0.1) is 6.10 Å². The number of aliphatic hydroxyl groups excluding tert-OH is 1. The smallest absolute Gasteiger partial charge is 0.303 e. The number of likely N-dealkylation sites (tertiary alicyclic amines) is 1. The van der Waals surface area contributed by atoms with Crippen LogP contribution in [0.3, 0.4) is 0 Å². The van der Waals surface area contributed by atoms with Crippen LogP contribution >= 0.6 is 0 Å². The molecule has 0 spiro atoms. The van der Waals surface area contributed by atoms with Gasteiger partial charge in [-0.1, -0.05) is 0 Å². The summed E-state index contributed by atoms with van der Waals surface area (Å²) in [6, 6.07) is 0.265. The van der Waals surface area contributed by atoms with Crippen molar-refractivity contribution in [3.8, 4) is 0 Å². The van der Waals surface area contributed by atoms with Crippen LogP contribution in [0.15, 0.2) is 0 Å². The average molecular weight is 201 g/mol. The van der Waals surface area contributed by atoms with Gasteiger partial charge < -0.3 is 10.2 Å². The molecule has 82 valence electrons. The molecule has 4 heteroatoms. The first kappa shape index (κ1) is 11.5. The second-order valence-corrected chi connectivity index (χ2v) is 4.07. The first-order valence-corrected chi connectivity index (χ1v) is 5.23. The Morgan fingerprint density at radius 2 is 2.36 bits per heavy atom. The first-order chi connectivity index (χ1) is 6.59. The molecular weight excluding hydrogens is 182 g/mol. The van der Waals surface area contributed by atoms with Crippen molar-refractivity contribution in [1.82, 2.24) is 4.90 Å². The zero-order valence-electron chi connectivity index (χ0n) is 8.65.